The van der Waals surface area contributed by atoms with Crippen molar-refractivity contribution in [2.75, 3.05) is 12.8 Å². The van der Waals surface area contributed by atoms with Crippen molar-refractivity contribution < 1.29 is 9.90 Å². The summed E-state index contributed by atoms with van der Waals surface area (Å²) >= 11 is 1.77. The van der Waals surface area contributed by atoms with Gasteiger partial charge < -0.3 is 10.4 Å². The van der Waals surface area contributed by atoms with Crippen LogP contribution in [0.4, 0.5) is 0 Å². The maximum atomic E-state index is 11.6. The largest absolute Gasteiger partial charge is 0.378 e. The molecule has 2 N–H and O–H groups in total. The Morgan fingerprint density at radius 1 is 1.41 bits per heavy atom. The van der Waals surface area contributed by atoms with E-state index < -0.39 is 6.10 Å². The molecule has 1 aromatic rings. The quantitative estimate of drug-likeness (QED) is 0.815. The van der Waals surface area contributed by atoms with E-state index in [1.807, 2.05) is 24.5 Å². The standard InChI is InChI=1S/C13H19NO2S/c1-10(17-2)8-9-14-13(16)12(15)11-6-4-3-5-7-11/h3-7,10,12,15H,8-9H2,1-2H3,(H,14,16)/t10?,12-/m0/s1. The summed E-state index contributed by atoms with van der Waals surface area (Å²) in [5.74, 6) is -0.329. The Bertz CT molecular complexity index is 343. The molecule has 0 aliphatic carbocycles. The Morgan fingerprint density at radius 2 is 2.06 bits per heavy atom. The van der Waals surface area contributed by atoms with Crippen LogP contribution in [0.25, 0.3) is 0 Å². The molecule has 0 bridgehead atoms. The lowest BCUT2D eigenvalue weighted by atomic mass is 10.1. The molecule has 4 heteroatoms. The van der Waals surface area contributed by atoms with Crippen LogP contribution < -0.4 is 5.32 Å². The average molecular weight is 253 g/mol. The predicted molar refractivity (Wildman–Crippen MR) is 72.0 cm³/mol. The van der Waals surface area contributed by atoms with Gasteiger partial charge in [-0.1, -0.05) is 37.3 Å². The second kappa shape index (κ2) is 7.35. The van der Waals surface area contributed by atoms with Crippen molar-refractivity contribution in [3.8, 4) is 0 Å². The fraction of sp³-hybridized carbons (Fsp3) is 0.462. The lowest BCUT2D eigenvalue weighted by Crippen LogP contribution is -2.31. The Labute approximate surface area is 107 Å². The number of carbonyl (C=O) groups excluding carboxylic acids is 1. The first-order valence-electron chi connectivity index (χ1n) is 5.68. The summed E-state index contributed by atoms with van der Waals surface area (Å²) in [5, 5.41) is 13.1. The number of aliphatic hydroxyl groups excluding tert-OH is 1. The molecule has 0 radical (unpaired) electrons. The summed E-state index contributed by atoms with van der Waals surface area (Å²) in [4.78, 5) is 11.6. The van der Waals surface area contributed by atoms with Crippen LogP contribution in [-0.4, -0.2) is 29.1 Å². The number of benzene rings is 1. The number of hydrogen-bond donors (Lipinski definition) is 2. The van der Waals surface area contributed by atoms with Gasteiger partial charge in [0.05, 0.1) is 0 Å². The second-order valence-corrected chi connectivity index (χ2v) is 5.22. The molecule has 94 valence electrons. The molecule has 17 heavy (non-hydrogen) atoms. The molecule has 0 aliphatic rings. The Kier molecular flexibility index (Phi) is 6.08. The highest BCUT2D eigenvalue weighted by Gasteiger charge is 2.16. The van der Waals surface area contributed by atoms with Crippen molar-refractivity contribution in [2.45, 2.75) is 24.7 Å². The molecule has 0 saturated carbocycles. The number of nitrogens with one attached hydrogen (secondary N) is 1. The van der Waals surface area contributed by atoms with Crippen LogP contribution >= 0.6 is 11.8 Å². The van der Waals surface area contributed by atoms with Crippen LogP contribution in [0.15, 0.2) is 30.3 Å². The second-order valence-electron chi connectivity index (χ2n) is 3.94. The van der Waals surface area contributed by atoms with Crippen molar-refractivity contribution in [3.05, 3.63) is 35.9 Å². The summed E-state index contributed by atoms with van der Waals surface area (Å²) in [6.07, 6.45) is 1.89. The number of rotatable bonds is 6. The summed E-state index contributed by atoms with van der Waals surface area (Å²) in [6, 6.07) is 8.96. The third-order valence-electron chi connectivity index (χ3n) is 2.62. The zero-order valence-corrected chi connectivity index (χ0v) is 11.0. The molecule has 3 nitrogen and oxygen atoms in total. The van der Waals surface area contributed by atoms with Gasteiger partial charge in [-0.2, -0.15) is 11.8 Å². The number of hydrogen-bond acceptors (Lipinski definition) is 3. The molecule has 0 fully saturated rings. The van der Waals surface area contributed by atoms with Gasteiger partial charge in [0, 0.05) is 11.8 Å². The van der Waals surface area contributed by atoms with Gasteiger partial charge in [0.2, 0.25) is 0 Å². The molecule has 1 unspecified atom stereocenters. The minimum Gasteiger partial charge on any atom is -0.378 e. The number of carbonyl (C=O) groups is 1. The molecular weight excluding hydrogens is 234 g/mol. The van der Waals surface area contributed by atoms with Crippen molar-refractivity contribution in [2.24, 2.45) is 0 Å². The molecule has 0 saturated heterocycles. The monoisotopic (exact) mass is 253 g/mol. The van der Waals surface area contributed by atoms with E-state index in [-0.39, 0.29) is 5.91 Å². The van der Waals surface area contributed by atoms with Crippen LogP contribution in [0.3, 0.4) is 0 Å². The van der Waals surface area contributed by atoms with Gasteiger partial charge in [-0.25, -0.2) is 0 Å². The average Bonchev–Trinajstić information content (AvgIpc) is 2.38. The number of aliphatic hydroxyl groups is 1. The van der Waals surface area contributed by atoms with Gasteiger partial charge in [-0.15, -0.1) is 0 Å². The van der Waals surface area contributed by atoms with Gasteiger partial charge in [-0.05, 0) is 18.2 Å². The van der Waals surface area contributed by atoms with E-state index >= 15 is 0 Å². The molecule has 0 aliphatic heterocycles. The van der Waals surface area contributed by atoms with Crippen molar-refractivity contribution in [1.29, 1.82) is 0 Å². The number of thioether (sulfide) groups is 1. The zero-order valence-electron chi connectivity index (χ0n) is 10.2. The normalized spacial score (nSPS) is 14.1. The van der Waals surface area contributed by atoms with Crippen LogP contribution in [0, 0.1) is 0 Å². The molecule has 1 rings (SSSR count). The first-order chi connectivity index (χ1) is 8.15. The summed E-state index contributed by atoms with van der Waals surface area (Å²) in [5.41, 5.74) is 0.628. The van der Waals surface area contributed by atoms with Crippen LogP contribution in [0.2, 0.25) is 0 Å². The van der Waals surface area contributed by atoms with E-state index in [4.69, 9.17) is 0 Å². The van der Waals surface area contributed by atoms with E-state index in [9.17, 15) is 9.90 Å². The predicted octanol–water partition coefficient (Wildman–Crippen LogP) is 1.98. The fourth-order valence-electron chi connectivity index (χ4n) is 1.40. The van der Waals surface area contributed by atoms with E-state index in [0.717, 1.165) is 6.42 Å². The minimum absolute atomic E-state index is 0.329. The van der Waals surface area contributed by atoms with Crippen LogP contribution in [0.5, 0.6) is 0 Å². The molecule has 1 aromatic carbocycles. The number of amides is 1. The van der Waals surface area contributed by atoms with E-state index in [2.05, 4.69) is 12.2 Å². The smallest absolute Gasteiger partial charge is 0.253 e. The van der Waals surface area contributed by atoms with Crippen molar-refractivity contribution >= 4 is 17.7 Å². The first kappa shape index (κ1) is 14.1. The van der Waals surface area contributed by atoms with Gasteiger partial charge in [0.15, 0.2) is 6.10 Å². The topological polar surface area (TPSA) is 49.3 Å². The Balaban J connectivity index is 2.38. The lowest BCUT2D eigenvalue weighted by molar-refractivity contribution is -0.129. The highest BCUT2D eigenvalue weighted by molar-refractivity contribution is 7.99. The highest BCUT2D eigenvalue weighted by Crippen LogP contribution is 2.12. The maximum Gasteiger partial charge on any atom is 0.253 e. The Morgan fingerprint density at radius 3 is 2.65 bits per heavy atom. The third kappa shape index (κ3) is 4.79. The first-order valence-corrected chi connectivity index (χ1v) is 6.97. The molecule has 2 atom stereocenters. The van der Waals surface area contributed by atoms with Gasteiger partial charge in [0.25, 0.3) is 5.91 Å². The van der Waals surface area contributed by atoms with Crippen LogP contribution in [-0.2, 0) is 4.79 Å². The minimum atomic E-state index is -1.07. The van der Waals surface area contributed by atoms with E-state index in [1.54, 1.807) is 23.9 Å². The molecule has 0 heterocycles. The van der Waals surface area contributed by atoms with E-state index in [0.29, 0.717) is 17.4 Å². The van der Waals surface area contributed by atoms with Crippen molar-refractivity contribution in [3.63, 3.8) is 0 Å². The van der Waals surface area contributed by atoms with Crippen LogP contribution in [0.1, 0.15) is 25.0 Å². The zero-order chi connectivity index (χ0) is 12.7. The fourth-order valence-corrected chi connectivity index (χ4v) is 1.75. The third-order valence-corrected chi connectivity index (χ3v) is 3.66. The molecule has 0 spiro atoms. The van der Waals surface area contributed by atoms with Crippen molar-refractivity contribution in [1.82, 2.24) is 5.32 Å². The summed E-state index contributed by atoms with van der Waals surface area (Å²) in [7, 11) is 0. The van der Waals surface area contributed by atoms with E-state index in [1.165, 1.54) is 0 Å². The SMILES string of the molecule is CSC(C)CCNC(=O)[C@@H](O)c1ccccc1. The van der Waals surface area contributed by atoms with Gasteiger partial charge in [0.1, 0.15) is 0 Å². The lowest BCUT2D eigenvalue weighted by Gasteiger charge is -2.13. The highest BCUT2D eigenvalue weighted by atomic mass is 32.2. The molecular formula is C13H19NO2S. The van der Waals surface area contributed by atoms with Gasteiger partial charge in [-0.3, -0.25) is 4.79 Å². The maximum absolute atomic E-state index is 11.6. The Hall–Kier alpha value is -1.00. The molecule has 0 aromatic heterocycles. The summed E-state index contributed by atoms with van der Waals surface area (Å²) < 4.78 is 0. The van der Waals surface area contributed by atoms with Gasteiger partial charge >= 0.3 is 0 Å². The molecule has 1 amide bonds. The summed E-state index contributed by atoms with van der Waals surface area (Å²) in [6.45, 7) is 2.72.